The van der Waals surface area contributed by atoms with Crippen LogP contribution >= 0.6 is 0 Å². The Balaban J connectivity index is 1.51. The van der Waals surface area contributed by atoms with E-state index in [1.54, 1.807) is 12.1 Å². The lowest BCUT2D eigenvalue weighted by atomic mass is 9.72. The Labute approximate surface area is 161 Å². The number of ether oxygens (including phenoxy) is 2. The Morgan fingerprint density at radius 2 is 1.78 bits per heavy atom. The second kappa shape index (κ2) is 9.68. The summed E-state index contributed by atoms with van der Waals surface area (Å²) in [7, 11) is 1.36. The van der Waals surface area contributed by atoms with Gasteiger partial charge in [0.15, 0.2) is 11.6 Å². The van der Waals surface area contributed by atoms with E-state index in [4.69, 9.17) is 9.47 Å². The number of methoxy groups -OCH3 is 1. The minimum atomic E-state index is -0.861. The van der Waals surface area contributed by atoms with E-state index in [0.717, 1.165) is 45.1 Å². The predicted octanol–water partition coefficient (Wildman–Crippen LogP) is 6.40. The highest BCUT2D eigenvalue weighted by Crippen LogP contribution is 2.42. The molecule has 27 heavy (non-hydrogen) atoms. The molecular formula is C23H32F2O2. The molecule has 0 spiro atoms. The van der Waals surface area contributed by atoms with Crippen LogP contribution in [0.1, 0.15) is 69.8 Å². The second-order valence-electron chi connectivity index (χ2n) is 8.02. The fourth-order valence-corrected chi connectivity index (χ4v) is 4.65. The van der Waals surface area contributed by atoms with Gasteiger partial charge in [0.25, 0.3) is 0 Å². The van der Waals surface area contributed by atoms with Crippen molar-refractivity contribution in [3.63, 3.8) is 0 Å². The summed E-state index contributed by atoms with van der Waals surface area (Å²) in [6.07, 6.45) is 13.3. The van der Waals surface area contributed by atoms with Gasteiger partial charge in [0.05, 0.1) is 19.8 Å². The van der Waals surface area contributed by atoms with Crippen LogP contribution in [0.15, 0.2) is 24.3 Å². The third-order valence-corrected chi connectivity index (χ3v) is 6.33. The molecule has 0 radical (unpaired) electrons. The molecule has 1 saturated carbocycles. The van der Waals surface area contributed by atoms with Crippen molar-refractivity contribution in [1.29, 1.82) is 0 Å². The molecule has 150 valence electrons. The van der Waals surface area contributed by atoms with Gasteiger partial charge < -0.3 is 9.47 Å². The molecule has 1 aliphatic carbocycles. The van der Waals surface area contributed by atoms with Crippen molar-refractivity contribution < 1.29 is 18.3 Å². The lowest BCUT2D eigenvalue weighted by molar-refractivity contribution is -0.0150. The van der Waals surface area contributed by atoms with Crippen molar-refractivity contribution >= 4 is 0 Å². The van der Waals surface area contributed by atoms with Crippen molar-refractivity contribution in [2.24, 2.45) is 11.8 Å². The molecule has 2 atom stereocenters. The first-order valence-corrected chi connectivity index (χ1v) is 10.4. The van der Waals surface area contributed by atoms with Crippen LogP contribution in [0.4, 0.5) is 8.78 Å². The molecule has 1 heterocycles. The maximum Gasteiger partial charge on any atom is 0.200 e. The molecule has 1 aromatic carbocycles. The van der Waals surface area contributed by atoms with E-state index in [2.05, 4.69) is 19.1 Å². The molecule has 3 rings (SSSR count). The number of rotatable bonds is 6. The van der Waals surface area contributed by atoms with Crippen LogP contribution in [0.5, 0.6) is 5.75 Å². The van der Waals surface area contributed by atoms with E-state index in [1.807, 2.05) is 0 Å². The standard InChI is InChI=1S/C23H32F2O2/c1-3-4-5-6-19-12-11-18(15-27-19)16-7-9-17(10-8-16)20-13-14-21(26-2)23(25)22(20)24/h5-6,13-14,16-19H,3-4,7-12,15H2,1-2H3/b6-5+. The number of hydrogen-bond acceptors (Lipinski definition) is 2. The van der Waals surface area contributed by atoms with E-state index >= 15 is 0 Å². The summed E-state index contributed by atoms with van der Waals surface area (Å²) >= 11 is 0. The van der Waals surface area contributed by atoms with E-state index in [1.165, 1.54) is 20.0 Å². The molecule has 2 fully saturated rings. The smallest absolute Gasteiger partial charge is 0.200 e. The zero-order valence-electron chi connectivity index (χ0n) is 16.6. The average molecular weight is 379 g/mol. The van der Waals surface area contributed by atoms with Crippen molar-refractivity contribution in [3.8, 4) is 5.75 Å². The third-order valence-electron chi connectivity index (χ3n) is 6.33. The Bertz CT molecular complexity index is 628. The average Bonchev–Trinajstić information content (AvgIpc) is 2.71. The Hall–Kier alpha value is -1.42. The van der Waals surface area contributed by atoms with Gasteiger partial charge in [-0.2, -0.15) is 4.39 Å². The summed E-state index contributed by atoms with van der Waals surface area (Å²) in [6, 6.07) is 3.24. The van der Waals surface area contributed by atoms with Crippen molar-refractivity contribution in [2.75, 3.05) is 13.7 Å². The van der Waals surface area contributed by atoms with E-state index in [-0.39, 0.29) is 17.8 Å². The van der Waals surface area contributed by atoms with Crippen LogP contribution in [0.3, 0.4) is 0 Å². The fourth-order valence-electron chi connectivity index (χ4n) is 4.65. The molecule has 1 saturated heterocycles. The minimum absolute atomic E-state index is 0.0215. The molecule has 1 aliphatic heterocycles. The van der Waals surface area contributed by atoms with Crippen molar-refractivity contribution in [3.05, 3.63) is 41.5 Å². The molecule has 2 nitrogen and oxygen atoms in total. The second-order valence-corrected chi connectivity index (χ2v) is 8.02. The number of benzene rings is 1. The lowest BCUT2D eigenvalue weighted by Gasteiger charge is -2.37. The Morgan fingerprint density at radius 1 is 1.04 bits per heavy atom. The molecule has 0 N–H and O–H groups in total. The van der Waals surface area contributed by atoms with E-state index < -0.39 is 11.6 Å². The summed E-state index contributed by atoms with van der Waals surface area (Å²) in [5, 5.41) is 0. The number of hydrogen-bond donors (Lipinski definition) is 0. The number of allylic oxidation sites excluding steroid dienone is 1. The van der Waals surface area contributed by atoms with Gasteiger partial charge in [-0.15, -0.1) is 0 Å². The first kappa shape index (κ1) is 20.3. The quantitative estimate of drug-likeness (QED) is 0.533. The third kappa shape index (κ3) is 4.90. The molecule has 0 amide bonds. The first-order valence-electron chi connectivity index (χ1n) is 10.4. The van der Waals surface area contributed by atoms with Gasteiger partial charge >= 0.3 is 0 Å². The highest BCUT2D eigenvalue weighted by atomic mass is 19.2. The molecular weight excluding hydrogens is 346 g/mol. The highest BCUT2D eigenvalue weighted by molar-refractivity contribution is 5.33. The summed E-state index contributed by atoms with van der Waals surface area (Å²) in [6.45, 7) is 3.02. The van der Waals surface area contributed by atoms with Gasteiger partial charge in [0.1, 0.15) is 0 Å². The van der Waals surface area contributed by atoms with E-state index in [0.29, 0.717) is 17.4 Å². The molecule has 2 aliphatic rings. The SMILES string of the molecule is CCC/C=C/C1CCC(C2CCC(c3ccc(OC)c(F)c3F)CC2)CO1. The normalized spacial score (nSPS) is 29.2. The molecule has 2 unspecified atom stereocenters. The van der Waals surface area contributed by atoms with Crippen LogP contribution in [0, 0.1) is 23.5 Å². The van der Waals surface area contributed by atoms with Crippen molar-refractivity contribution in [1.82, 2.24) is 0 Å². The Kier molecular flexibility index (Phi) is 7.28. The lowest BCUT2D eigenvalue weighted by Crippen LogP contribution is -2.31. The molecule has 0 bridgehead atoms. The van der Waals surface area contributed by atoms with Gasteiger partial charge in [-0.1, -0.05) is 31.6 Å². The van der Waals surface area contributed by atoms with Gasteiger partial charge in [0, 0.05) is 0 Å². The molecule has 0 aromatic heterocycles. The first-order chi connectivity index (χ1) is 13.1. The van der Waals surface area contributed by atoms with Crippen LogP contribution in [0.25, 0.3) is 0 Å². The highest BCUT2D eigenvalue weighted by Gasteiger charge is 2.32. The number of unbranched alkanes of at least 4 members (excludes halogenated alkanes) is 1. The minimum Gasteiger partial charge on any atom is -0.494 e. The summed E-state index contributed by atoms with van der Waals surface area (Å²) in [5.41, 5.74) is 0.507. The zero-order valence-corrected chi connectivity index (χ0v) is 16.6. The molecule has 1 aromatic rings. The predicted molar refractivity (Wildman–Crippen MR) is 104 cm³/mol. The summed E-state index contributed by atoms with van der Waals surface area (Å²) < 4.78 is 39.3. The van der Waals surface area contributed by atoms with Crippen LogP contribution < -0.4 is 4.74 Å². The summed E-state index contributed by atoms with van der Waals surface area (Å²) in [4.78, 5) is 0. The summed E-state index contributed by atoms with van der Waals surface area (Å²) in [5.74, 6) is -0.254. The van der Waals surface area contributed by atoms with Crippen LogP contribution in [-0.2, 0) is 4.74 Å². The number of halogens is 2. The zero-order chi connectivity index (χ0) is 19.2. The van der Waals surface area contributed by atoms with Crippen LogP contribution in [0.2, 0.25) is 0 Å². The maximum atomic E-state index is 14.4. The van der Waals surface area contributed by atoms with Gasteiger partial charge in [-0.25, -0.2) is 4.39 Å². The largest absolute Gasteiger partial charge is 0.494 e. The van der Waals surface area contributed by atoms with Crippen molar-refractivity contribution in [2.45, 2.75) is 70.3 Å². The van der Waals surface area contributed by atoms with E-state index in [9.17, 15) is 8.78 Å². The fraction of sp³-hybridized carbons (Fsp3) is 0.652. The monoisotopic (exact) mass is 378 g/mol. The molecule has 4 heteroatoms. The topological polar surface area (TPSA) is 18.5 Å². The van der Waals surface area contributed by atoms with Gasteiger partial charge in [-0.05, 0) is 74.3 Å². The van der Waals surface area contributed by atoms with Gasteiger partial charge in [-0.3, -0.25) is 0 Å². The Morgan fingerprint density at radius 3 is 2.41 bits per heavy atom. The van der Waals surface area contributed by atoms with Gasteiger partial charge in [0.2, 0.25) is 5.82 Å². The van der Waals surface area contributed by atoms with Crippen LogP contribution in [-0.4, -0.2) is 19.8 Å². The maximum absolute atomic E-state index is 14.4.